The molecule has 0 bridgehead atoms. The lowest BCUT2D eigenvalue weighted by Crippen LogP contribution is -2.42. The number of likely N-dealkylation sites (tertiary alicyclic amines) is 1. The lowest BCUT2D eigenvalue weighted by atomic mass is 9.97. The van der Waals surface area contributed by atoms with Crippen molar-refractivity contribution in [1.29, 1.82) is 0 Å². The average Bonchev–Trinajstić information content (AvgIpc) is 2.94. The Morgan fingerprint density at radius 2 is 2.24 bits per heavy atom. The minimum Gasteiger partial charge on any atom is -0.354 e. The van der Waals surface area contributed by atoms with Gasteiger partial charge in [-0.3, -0.25) is 9.69 Å². The molecule has 118 valence electrons. The molecule has 4 nitrogen and oxygen atoms in total. The Morgan fingerprint density at radius 3 is 2.81 bits per heavy atom. The average molecular weight is 309 g/mol. The summed E-state index contributed by atoms with van der Waals surface area (Å²) in [5, 5.41) is 5.17. The monoisotopic (exact) mass is 309 g/mol. The Morgan fingerprint density at radius 1 is 1.52 bits per heavy atom. The quantitative estimate of drug-likeness (QED) is 0.848. The van der Waals surface area contributed by atoms with Gasteiger partial charge in [-0.05, 0) is 50.2 Å². The van der Waals surface area contributed by atoms with Gasteiger partial charge < -0.3 is 11.1 Å². The smallest absolute Gasteiger partial charge is 0.221 e. The van der Waals surface area contributed by atoms with Crippen molar-refractivity contribution >= 4 is 17.2 Å². The molecule has 1 fully saturated rings. The number of nitrogens with zero attached hydrogens (tertiary/aromatic N) is 1. The van der Waals surface area contributed by atoms with E-state index >= 15 is 0 Å². The molecule has 1 saturated heterocycles. The summed E-state index contributed by atoms with van der Waals surface area (Å²) in [5.74, 6) is 0.870. The van der Waals surface area contributed by atoms with E-state index < -0.39 is 0 Å². The molecule has 0 saturated carbocycles. The molecule has 2 unspecified atom stereocenters. The Kier molecular flexibility index (Phi) is 6.21. The van der Waals surface area contributed by atoms with Crippen molar-refractivity contribution in [3.05, 3.63) is 22.4 Å². The summed E-state index contributed by atoms with van der Waals surface area (Å²) in [6, 6.07) is 4.48. The summed E-state index contributed by atoms with van der Waals surface area (Å²) in [4.78, 5) is 15.7. The Labute approximate surface area is 131 Å². The zero-order valence-electron chi connectivity index (χ0n) is 13.0. The van der Waals surface area contributed by atoms with Gasteiger partial charge in [-0.25, -0.2) is 0 Å². The summed E-state index contributed by atoms with van der Waals surface area (Å²) in [6.45, 7) is 7.10. The van der Waals surface area contributed by atoms with E-state index in [-0.39, 0.29) is 11.9 Å². The fourth-order valence-corrected chi connectivity index (χ4v) is 3.67. The number of hydrogen-bond donors (Lipinski definition) is 2. The molecule has 0 spiro atoms. The molecule has 5 heteroatoms. The van der Waals surface area contributed by atoms with E-state index in [2.05, 4.69) is 34.7 Å². The maximum absolute atomic E-state index is 11.9. The number of hydrogen-bond acceptors (Lipinski definition) is 4. The van der Waals surface area contributed by atoms with Gasteiger partial charge in [0.2, 0.25) is 5.91 Å². The summed E-state index contributed by atoms with van der Waals surface area (Å²) < 4.78 is 0. The van der Waals surface area contributed by atoms with Crippen LogP contribution in [-0.4, -0.2) is 36.5 Å². The maximum Gasteiger partial charge on any atom is 0.221 e. The predicted molar refractivity (Wildman–Crippen MR) is 88.3 cm³/mol. The van der Waals surface area contributed by atoms with Crippen molar-refractivity contribution in [3.8, 4) is 0 Å². The number of nitrogens with one attached hydrogen (secondary N) is 1. The largest absolute Gasteiger partial charge is 0.354 e. The van der Waals surface area contributed by atoms with Crippen molar-refractivity contribution in [2.45, 2.75) is 45.2 Å². The molecule has 0 aromatic carbocycles. The Hall–Kier alpha value is -0.910. The molecule has 1 aliphatic rings. The summed E-state index contributed by atoms with van der Waals surface area (Å²) in [5.41, 5.74) is 5.68. The number of nitrogens with two attached hydrogens (primary N) is 1. The van der Waals surface area contributed by atoms with Gasteiger partial charge in [0.05, 0.1) is 6.04 Å². The highest BCUT2D eigenvalue weighted by molar-refractivity contribution is 7.10. The molecule has 1 aromatic heterocycles. The van der Waals surface area contributed by atoms with Crippen LogP contribution in [0.25, 0.3) is 0 Å². The standard InChI is InChI=1S/C16H27N3OS/c1-12-5-7-19(8-6-12)14(15-4-3-9-21-15)11-18-16(20)10-13(2)17/h3-4,9,12-14H,5-8,10-11,17H2,1-2H3,(H,18,20). The normalized spacial score (nSPS) is 20.1. The minimum atomic E-state index is -0.0824. The molecular formula is C16H27N3OS. The van der Waals surface area contributed by atoms with E-state index in [1.807, 2.05) is 6.92 Å². The van der Waals surface area contributed by atoms with Crippen molar-refractivity contribution in [1.82, 2.24) is 10.2 Å². The van der Waals surface area contributed by atoms with Crippen molar-refractivity contribution in [3.63, 3.8) is 0 Å². The maximum atomic E-state index is 11.9. The number of piperidine rings is 1. The molecular weight excluding hydrogens is 282 g/mol. The molecule has 0 radical (unpaired) electrons. The number of amides is 1. The van der Waals surface area contributed by atoms with Crippen LogP contribution < -0.4 is 11.1 Å². The number of thiophene rings is 1. The second-order valence-electron chi connectivity index (χ2n) is 6.24. The van der Waals surface area contributed by atoms with Crippen molar-refractivity contribution in [2.24, 2.45) is 11.7 Å². The Bertz CT molecular complexity index is 425. The lowest BCUT2D eigenvalue weighted by Gasteiger charge is -2.36. The molecule has 2 rings (SSSR count). The first-order valence-electron chi connectivity index (χ1n) is 7.86. The van der Waals surface area contributed by atoms with Crippen LogP contribution in [0.1, 0.15) is 44.0 Å². The minimum absolute atomic E-state index is 0.0527. The SMILES string of the molecule is CC(N)CC(=O)NCC(c1cccs1)N1CCC(C)CC1. The van der Waals surface area contributed by atoms with Crippen LogP contribution in [0.15, 0.2) is 17.5 Å². The first-order valence-corrected chi connectivity index (χ1v) is 8.74. The van der Waals surface area contributed by atoms with E-state index in [0.29, 0.717) is 19.0 Å². The third-order valence-corrected chi connectivity index (χ3v) is 5.10. The summed E-state index contributed by atoms with van der Waals surface area (Å²) in [6.07, 6.45) is 2.89. The summed E-state index contributed by atoms with van der Waals surface area (Å²) >= 11 is 1.77. The van der Waals surface area contributed by atoms with Gasteiger partial charge in [0.25, 0.3) is 0 Å². The topological polar surface area (TPSA) is 58.4 Å². The van der Waals surface area contributed by atoms with E-state index in [9.17, 15) is 4.79 Å². The van der Waals surface area contributed by atoms with Crippen LogP contribution in [0.5, 0.6) is 0 Å². The lowest BCUT2D eigenvalue weighted by molar-refractivity contribution is -0.121. The van der Waals surface area contributed by atoms with Gasteiger partial charge in [0, 0.05) is 23.9 Å². The van der Waals surface area contributed by atoms with Gasteiger partial charge >= 0.3 is 0 Å². The molecule has 1 aliphatic heterocycles. The Balaban J connectivity index is 1.95. The predicted octanol–water partition coefficient (Wildman–Crippen LogP) is 2.37. The molecule has 2 heterocycles. The van der Waals surface area contributed by atoms with Crippen LogP contribution in [0.4, 0.5) is 0 Å². The fraction of sp³-hybridized carbons (Fsp3) is 0.688. The van der Waals surface area contributed by atoms with Crippen LogP contribution in [0.2, 0.25) is 0 Å². The van der Waals surface area contributed by atoms with Gasteiger partial charge in [-0.2, -0.15) is 0 Å². The van der Waals surface area contributed by atoms with Gasteiger partial charge in [-0.1, -0.05) is 13.0 Å². The van der Waals surface area contributed by atoms with E-state index in [4.69, 9.17) is 5.73 Å². The van der Waals surface area contributed by atoms with Crippen LogP contribution in [0.3, 0.4) is 0 Å². The van der Waals surface area contributed by atoms with Gasteiger partial charge in [0.15, 0.2) is 0 Å². The van der Waals surface area contributed by atoms with E-state index in [1.54, 1.807) is 11.3 Å². The van der Waals surface area contributed by atoms with Crippen molar-refractivity contribution in [2.75, 3.05) is 19.6 Å². The number of carbonyl (C=O) groups is 1. The van der Waals surface area contributed by atoms with Crippen LogP contribution >= 0.6 is 11.3 Å². The highest BCUT2D eigenvalue weighted by atomic mass is 32.1. The zero-order valence-corrected chi connectivity index (χ0v) is 13.9. The van der Waals surface area contributed by atoms with E-state index in [1.165, 1.54) is 17.7 Å². The zero-order chi connectivity index (χ0) is 15.2. The molecule has 1 amide bonds. The molecule has 2 atom stereocenters. The fourth-order valence-electron chi connectivity index (χ4n) is 2.81. The number of carbonyl (C=O) groups excluding carboxylic acids is 1. The first kappa shape index (κ1) is 16.5. The van der Waals surface area contributed by atoms with Gasteiger partial charge in [-0.15, -0.1) is 11.3 Å². The molecule has 3 N–H and O–H groups in total. The van der Waals surface area contributed by atoms with E-state index in [0.717, 1.165) is 19.0 Å². The highest BCUT2D eigenvalue weighted by Gasteiger charge is 2.25. The second-order valence-corrected chi connectivity index (χ2v) is 7.21. The third kappa shape index (κ3) is 5.09. The van der Waals surface area contributed by atoms with Crippen molar-refractivity contribution < 1.29 is 4.79 Å². The van der Waals surface area contributed by atoms with Crippen LogP contribution in [0, 0.1) is 5.92 Å². The highest BCUT2D eigenvalue weighted by Crippen LogP contribution is 2.29. The third-order valence-electron chi connectivity index (χ3n) is 4.13. The van der Waals surface area contributed by atoms with Gasteiger partial charge in [0.1, 0.15) is 0 Å². The summed E-state index contributed by atoms with van der Waals surface area (Å²) in [7, 11) is 0. The second kappa shape index (κ2) is 7.92. The molecule has 1 aromatic rings. The van der Waals surface area contributed by atoms with Crippen LogP contribution in [-0.2, 0) is 4.79 Å². The molecule has 21 heavy (non-hydrogen) atoms. The molecule has 0 aliphatic carbocycles. The first-order chi connectivity index (χ1) is 10.1. The number of rotatable bonds is 6.